The van der Waals surface area contributed by atoms with Crippen LogP contribution in [0.1, 0.15) is 22.9 Å². The van der Waals surface area contributed by atoms with E-state index in [9.17, 15) is 9.18 Å². The Kier molecular flexibility index (Phi) is 5.55. The molecule has 1 fully saturated rings. The summed E-state index contributed by atoms with van der Waals surface area (Å²) in [5, 5.41) is 7.92. The van der Waals surface area contributed by atoms with Gasteiger partial charge in [0.25, 0.3) is 0 Å². The molecule has 2 heterocycles. The zero-order chi connectivity index (χ0) is 20.2. The quantitative estimate of drug-likeness (QED) is 0.665. The maximum Gasteiger partial charge on any atom is 0.318 e. The van der Waals surface area contributed by atoms with Crippen LogP contribution in [-0.4, -0.2) is 47.2 Å². The lowest BCUT2D eigenvalue weighted by atomic mass is 9.90. The molecule has 1 aliphatic heterocycles. The predicted octanol–water partition coefficient (Wildman–Crippen LogP) is 3.19. The Morgan fingerprint density at radius 3 is 2.34 bits per heavy atom. The highest BCUT2D eigenvalue weighted by Crippen LogP contribution is 2.25. The smallest absolute Gasteiger partial charge is 0.318 e. The van der Waals surface area contributed by atoms with E-state index in [1.807, 2.05) is 40.1 Å². The number of halogens is 1. The number of carbonyl (C=O) groups is 1. The number of piperazine rings is 1. The van der Waals surface area contributed by atoms with E-state index in [4.69, 9.17) is 4.42 Å². The first kappa shape index (κ1) is 19.1. The Balaban J connectivity index is 1.49. The largest absolute Gasteiger partial charge is 0.408 e. The number of amides is 1. The molecule has 0 N–H and O–H groups in total. The molecule has 1 atom stereocenters. The Hall–Kier alpha value is -3.22. The monoisotopic (exact) mass is 394 g/mol. The maximum atomic E-state index is 13.4. The van der Waals surface area contributed by atoms with E-state index < -0.39 is 0 Å². The number of carbonyl (C=O) groups excluding carboxylic acids is 1. The van der Waals surface area contributed by atoms with Crippen molar-refractivity contribution in [1.82, 2.24) is 15.1 Å². The van der Waals surface area contributed by atoms with Crippen molar-refractivity contribution in [3.05, 3.63) is 77.4 Å². The lowest BCUT2D eigenvalue weighted by Gasteiger charge is -2.35. The van der Waals surface area contributed by atoms with Crippen molar-refractivity contribution in [3.63, 3.8) is 0 Å². The van der Waals surface area contributed by atoms with E-state index in [0.717, 1.165) is 11.1 Å². The predicted molar refractivity (Wildman–Crippen MR) is 107 cm³/mol. The first-order chi connectivity index (χ1) is 14.1. The molecule has 3 aromatic rings. The molecular formula is C22H23FN4O2. The van der Waals surface area contributed by atoms with Crippen LogP contribution in [-0.2, 0) is 11.2 Å². The number of hydrogen-bond acceptors (Lipinski definition) is 5. The van der Waals surface area contributed by atoms with Gasteiger partial charge in [0.2, 0.25) is 11.8 Å². The van der Waals surface area contributed by atoms with Crippen LogP contribution in [0.2, 0.25) is 0 Å². The van der Waals surface area contributed by atoms with Gasteiger partial charge < -0.3 is 14.2 Å². The van der Waals surface area contributed by atoms with E-state index in [1.165, 1.54) is 12.1 Å². The Morgan fingerprint density at radius 2 is 1.72 bits per heavy atom. The van der Waals surface area contributed by atoms with Gasteiger partial charge in [-0.15, -0.1) is 5.10 Å². The molecule has 150 valence electrons. The highest BCUT2D eigenvalue weighted by molar-refractivity contribution is 5.84. The Morgan fingerprint density at radius 1 is 1.03 bits per heavy atom. The van der Waals surface area contributed by atoms with Gasteiger partial charge in [-0.05, 0) is 29.7 Å². The van der Waals surface area contributed by atoms with E-state index in [1.54, 1.807) is 19.1 Å². The van der Waals surface area contributed by atoms with Gasteiger partial charge in [-0.2, -0.15) is 0 Å². The molecule has 0 spiro atoms. The number of benzene rings is 2. The van der Waals surface area contributed by atoms with Gasteiger partial charge in [-0.3, -0.25) is 4.79 Å². The maximum absolute atomic E-state index is 13.4. The summed E-state index contributed by atoms with van der Waals surface area (Å²) in [6.45, 7) is 4.18. The van der Waals surface area contributed by atoms with Crippen molar-refractivity contribution in [2.24, 2.45) is 0 Å². The lowest BCUT2D eigenvalue weighted by molar-refractivity contribution is -0.133. The van der Waals surface area contributed by atoms with Gasteiger partial charge in [0.1, 0.15) is 5.82 Å². The van der Waals surface area contributed by atoms with Gasteiger partial charge in [-0.25, -0.2) is 4.39 Å². The van der Waals surface area contributed by atoms with E-state index in [0.29, 0.717) is 44.5 Å². The van der Waals surface area contributed by atoms with Gasteiger partial charge >= 0.3 is 6.01 Å². The zero-order valence-electron chi connectivity index (χ0n) is 16.3. The molecule has 4 rings (SSSR count). The first-order valence-corrected chi connectivity index (χ1v) is 9.73. The van der Waals surface area contributed by atoms with Crippen molar-refractivity contribution in [3.8, 4) is 0 Å². The summed E-state index contributed by atoms with van der Waals surface area (Å²) in [6, 6.07) is 16.6. The zero-order valence-corrected chi connectivity index (χ0v) is 16.3. The fourth-order valence-electron chi connectivity index (χ4n) is 3.65. The molecule has 6 nitrogen and oxygen atoms in total. The SMILES string of the molecule is Cc1nnc(N2CCN(C(=O)C(Cc3ccccc3)c3ccc(F)cc3)CC2)o1. The van der Waals surface area contributed by atoms with Crippen molar-refractivity contribution in [1.29, 1.82) is 0 Å². The fourth-order valence-corrected chi connectivity index (χ4v) is 3.65. The summed E-state index contributed by atoms with van der Waals surface area (Å²) < 4.78 is 18.9. The highest BCUT2D eigenvalue weighted by atomic mass is 19.1. The lowest BCUT2D eigenvalue weighted by Crippen LogP contribution is -2.50. The second-order valence-corrected chi connectivity index (χ2v) is 7.21. The Bertz CT molecular complexity index is 950. The number of aryl methyl sites for hydroxylation is 1. The molecule has 0 radical (unpaired) electrons. The minimum Gasteiger partial charge on any atom is -0.408 e. The van der Waals surface area contributed by atoms with Crippen LogP contribution < -0.4 is 4.90 Å². The summed E-state index contributed by atoms with van der Waals surface area (Å²) in [5.41, 5.74) is 1.91. The summed E-state index contributed by atoms with van der Waals surface area (Å²) in [7, 11) is 0. The standard InChI is InChI=1S/C22H23FN4O2/c1-16-24-25-22(29-16)27-13-11-26(12-14-27)21(28)20(15-17-5-3-2-4-6-17)18-7-9-19(23)10-8-18/h2-10,20H,11-15H2,1H3. The van der Waals surface area contributed by atoms with E-state index >= 15 is 0 Å². The summed E-state index contributed by atoms with van der Waals surface area (Å²) in [6.07, 6.45) is 0.578. The van der Waals surface area contributed by atoms with Gasteiger partial charge in [-0.1, -0.05) is 47.6 Å². The minimum atomic E-state index is -0.352. The van der Waals surface area contributed by atoms with Crippen LogP contribution in [0.25, 0.3) is 0 Å². The van der Waals surface area contributed by atoms with Crippen LogP contribution in [0.5, 0.6) is 0 Å². The average Bonchev–Trinajstić information content (AvgIpc) is 3.19. The second kappa shape index (κ2) is 8.43. The van der Waals surface area contributed by atoms with Crippen LogP contribution in [0.3, 0.4) is 0 Å². The fraction of sp³-hybridized carbons (Fsp3) is 0.318. The highest BCUT2D eigenvalue weighted by Gasteiger charge is 2.30. The van der Waals surface area contributed by atoms with Gasteiger partial charge in [0.05, 0.1) is 5.92 Å². The average molecular weight is 394 g/mol. The van der Waals surface area contributed by atoms with Gasteiger partial charge in [0, 0.05) is 33.1 Å². The second-order valence-electron chi connectivity index (χ2n) is 7.21. The van der Waals surface area contributed by atoms with Crippen molar-refractivity contribution >= 4 is 11.9 Å². The summed E-state index contributed by atoms with van der Waals surface area (Å²) in [4.78, 5) is 17.3. The summed E-state index contributed by atoms with van der Waals surface area (Å²) in [5.74, 6) is -0.0714. The molecule has 1 aromatic heterocycles. The number of rotatable bonds is 5. The van der Waals surface area contributed by atoms with Gasteiger partial charge in [0.15, 0.2) is 0 Å². The molecule has 1 amide bonds. The van der Waals surface area contributed by atoms with E-state index in [-0.39, 0.29) is 17.6 Å². The number of aromatic nitrogens is 2. The number of hydrogen-bond donors (Lipinski definition) is 0. The molecule has 0 aliphatic carbocycles. The van der Waals surface area contributed by atoms with Crippen molar-refractivity contribution < 1.29 is 13.6 Å². The van der Waals surface area contributed by atoms with Crippen molar-refractivity contribution in [2.75, 3.05) is 31.1 Å². The third kappa shape index (κ3) is 4.45. The molecule has 7 heteroatoms. The van der Waals surface area contributed by atoms with Crippen LogP contribution in [0.15, 0.2) is 59.0 Å². The minimum absolute atomic E-state index is 0.0572. The van der Waals surface area contributed by atoms with Crippen LogP contribution in [0.4, 0.5) is 10.4 Å². The molecule has 1 aliphatic rings. The van der Waals surface area contributed by atoms with Crippen molar-refractivity contribution in [2.45, 2.75) is 19.3 Å². The molecular weight excluding hydrogens is 371 g/mol. The third-order valence-corrected chi connectivity index (χ3v) is 5.23. The number of anilines is 1. The molecule has 0 saturated carbocycles. The normalized spacial score (nSPS) is 15.4. The van der Waals surface area contributed by atoms with Crippen LogP contribution >= 0.6 is 0 Å². The third-order valence-electron chi connectivity index (χ3n) is 5.23. The molecule has 0 bridgehead atoms. The Labute approximate surface area is 169 Å². The number of nitrogens with zero attached hydrogens (tertiary/aromatic N) is 4. The molecule has 29 heavy (non-hydrogen) atoms. The summed E-state index contributed by atoms with van der Waals surface area (Å²) >= 11 is 0. The molecule has 2 aromatic carbocycles. The molecule has 1 unspecified atom stereocenters. The first-order valence-electron chi connectivity index (χ1n) is 9.73. The van der Waals surface area contributed by atoms with E-state index in [2.05, 4.69) is 10.2 Å². The topological polar surface area (TPSA) is 62.5 Å². The molecule has 1 saturated heterocycles. The van der Waals surface area contributed by atoms with Crippen LogP contribution in [0, 0.1) is 12.7 Å².